The van der Waals surface area contributed by atoms with Gasteiger partial charge in [-0.15, -0.1) is 0 Å². The second kappa shape index (κ2) is 9.91. The number of hydrogen-bond donors (Lipinski definition) is 0. The molecule has 1 aromatic heterocycles. The summed E-state index contributed by atoms with van der Waals surface area (Å²) in [7, 11) is 0. The summed E-state index contributed by atoms with van der Waals surface area (Å²) in [6, 6.07) is 21.7. The maximum absolute atomic E-state index is 13.5. The van der Waals surface area contributed by atoms with Gasteiger partial charge in [0.15, 0.2) is 5.17 Å². The van der Waals surface area contributed by atoms with Gasteiger partial charge in [-0.05, 0) is 90.6 Å². The zero-order chi connectivity index (χ0) is 24.5. The van der Waals surface area contributed by atoms with Gasteiger partial charge in [0.05, 0.1) is 21.3 Å². The van der Waals surface area contributed by atoms with Crippen LogP contribution in [0.3, 0.4) is 0 Å². The van der Waals surface area contributed by atoms with Crippen LogP contribution in [0.15, 0.2) is 93.2 Å². The number of hydrogen-bond acceptors (Lipinski definition) is 4. The van der Waals surface area contributed by atoms with E-state index in [0.717, 1.165) is 0 Å². The number of carbonyl (C=O) groups excluding carboxylic acids is 1. The average Bonchev–Trinajstić information content (AvgIpc) is 3.43. The van der Waals surface area contributed by atoms with E-state index in [1.807, 2.05) is 0 Å². The summed E-state index contributed by atoms with van der Waals surface area (Å²) in [5, 5.41) is 1.63. The van der Waals surface area contributed by atoms with Gasteiger partial charge in [0, 0.05) is 21.7 Å². The lowest BCUT2D eigenvalue weighted by Crippen LogP contribution is -2.28. The Morgan fingerprint density at radius 2 is 1.57 bits per heavy atom. The molecule has 2 heterocycles. The van der Waals surface area contributed by atoms with Crippen molar-refractivity contribution >= 4 is 75.1 Å². The van der Waals surface area contributed by atoms with Crippen LogP contribution < -0.4 is 4.90 Å². The Kier molecular flexibility index (Phi) is 6.71. The first-order valence-electron chi connectivity index (χ1n) is 10.3. The summed E-state index contributed by atoms with van der Waals surface area (Å²) < 4.78 is 19.4. The Morgan fingerprint density at radius 1 is 0.886 bits per heavy atom. The molecule has 1 amide bonds. The highest BCUT2D eigenvalue weighted by Crippen LogP contribution is 2.38. The zero-order valence-electron chi connectivity index (χ0n) is 17.7. The lowest BCUT2D eigenvalue weighted by molar-refractivity contribution is -0.113. The van der Waals surface area contributed by atoms with Crippen molar-refractivity contribution in [1.82, 2.24) is 0 Å². The quantitative estimate of drug-likeness (QED) is 0.242. The Hall–Kier alpha value is -3.03. The highest BCUT2D eigenvalue weighted by atomic mass is 35.5. The van der Waals surface area contributed by atoms with Crippen LogP contribution in [0.2, 0.25) is 15.1 Å². The van der Waals surface area contributed by atoms with Crippen LogP contribution in [0.25, 0.3) is 17.4 Å². The molecular weight excluding hydrogens is 530 g/mol. The number of halogens is 4. The Labute approximate surface area is 219 Å². The number of amidine groups is 1. The average molecular weight is 544 g/mol. The first-order chi connectivity index (χ1) is 16.9. The molecule has 0 atom stereocenters. The number of nitrogens with zero attached hydrogens (tertiary/aromatic N) is 2. The molecule has 0 radical (unpaired) electrons. The molecule has 9 heteroatoms. The topological polar surface area (TPSA) is 45.8 Å². The van der Waals surface area contributed by atoms with Gasteiger partial charge < -0.3 is 4.42 Å². The minimum atomic E-state index is -0.507. The van der Waals surface area contributed by atoms with Crippen molar-refractivity contribution in [3.63, 3.8) is 0 Å². The highest BCUT2D eigenvalue weighted by molar-refractivity contribution is 8.19. The first kappa shape index (κ1) is 23.7. The van der Waals surface area contributed by atoms with Gasteiger partial charge in [0.25, 0.3) is 5.91 Å². The van der Waals surface area contributed by atoms with Crippen LogP contribution in [-0.4, -0.2) is 11.1 Å². The third-order valence-electron chi connectivity index (χ3n) is 5.05. The highest BCUT2D eigenvalue weighted by Gasteiger charge is 2.35. The van der Waals surface area contributed by atoms with Crippen LogP contribution in [0.4, 0.5) is 15.8 Å². The van der Waals surface area contributed by atoms with Gasteiger partial charge in [-0.2, -0.15) is 0 Å². The number of aliphatic imine (C=N–C) groups is 1. The first-order valence-corrected chi connectivity index (χ1v) is 12.2. The zero-order valence-corrected chi connectivity index (χ0v) is 20.8. The van der Waals surface area contributed by atoms with Crippen LogP contribution in [0.5, 0.6) is 0 Å². The van der Waals surface area contributed by atoms with E-state index < -0.39 is 5.82 Å². The summed E-state index contributed by atoms with van der Waals surface area (Å²) in [6.07, 6.45) is 1.65. The van der Waals surface area contributed by atoms with Crippen LogP contribution in [0.1, 0.15) is 5.76 Å². The van der Waals surface area contributed by atoms with Crippen molar-refractivity contribution in [3.05, 3.63) is 110 Å². The van der Waals surface area contributed by atoms with Crippen LogP contribution in [0, 0.1) is 5.82 Å². The van der Waals surface area contributed by atoms with Crippen LogP contribution >= 0.6 is 46.6 Å². The van der Waals surface area contributed by atoms with Gasteiger partial charge >= 0.3 is 0 Å². The number of benzene rings is 3. The normalized spacial score (nSPS) is 16.0. The largest absolute Gasteiger partial charge is 0.457 e. The van der Waals surface area contributed by atoms with E-state index >= 15 is 0 Å². The van der Waals surface area contributed by atoms with Gasteiger partial charge in [-0.1, -0.05) is 34.8 Å². The van der Waals surface area contributed by atoms with Crippen molar-refractivity contribution in [3.8, 4) is 11.3 Å². The Balaban J connectivity index is 1.50. The third kappa shape index (κ3) is 5.16. The second-order valence-electron chi connectivity index (χ2n) is 7.43. The molecule has 1 aliphatic heterocycles. The van der Waals surface area contributed by atoms with E-state index in [2.05, 4.69) is 4.99 Å². The smallest absolute Gasteiger partial charge is 0.271 e. The summed E-state index contributed by atoms with van der Waals surface area (Å²) in [6.45, 7) is 0. The molecule has 0 aliphatic carbocycles. The number of anilines is 1. The fourth-order valence-electron chi connectivity index (χ4n) is 3.36. The van der Waals surface area contributed by atoms with E-state index in [9.17, 15) is 9.18 Å². The van der Waals surface area contributed by atoms with Gasteiger partial charge in [-0.3, -0.25) is 9.69 Å². The fourth-order valence-corrected chi connectivity index (χ4v) is 4.77. The molecule has 3 aromatic carbocycles. The number of carbonyl (C=O) groups is 1. The van der Waals surface area contributed by atoms with Crippen molar-refractivity contribution < 1.29 is 13.6 Å². The third-order valence-corrected chi connectivity index (χ3v) is 6.81. The molecule has 4 nitrogen and oxygen atoms in total. The molecule has 1 fully saturated rings. The minimum Gasteiger partial charge on any atom is -0.457 e. The molecule has 4 aromatic rings. The monoisotopic (exact) mass is 542 g/mol. The molecule has 0 saturated carbocycles. The van der Waals surface area contributed by atoms with Gasteiger partial charge in [0.2, 0.25) is 0 Å². The van der Waals surface area contributed by atoms with Crippen LogP contribution in [-0.2, 0) is 4.79 Å². The molecule has 0 unspecified atom stereocenters. The van der Waals surface area contributed by atoms with E-state index in [-0.39, 0.29) is 10.9 Å². The fraction of sp³-hybridized carbons (Fsp3) is 0. The summed E-state index contributed by atoms with van der Waals surface area (Å²) in [5.41, 5.74) is 1.90. The summed E-state index contributed by atoms with van der Waals surface area (Å²) in [4.78, 5) is 20.0. The lowest BCUT2D eigenvalue weighted by atomic mass is 10.2. The molecule has 1 aliphatic rings. The van der Waals surface area contributed by atoms with Crippen molar-refractivity contribution in [2.75, 3.05) is 4.90 Å². The number of furan rings is 1. The van der Waals surface area contributed by atoms with Gasteiger partial charge in [0.1, 0.15) is 17.3 Å². The van der Waals surface area contributed by atoms with Crippen molar-refractivity contribution in [2.45, 2.75) is 0 Å². The lowest BCUT2D eigenvalue weighted by Gasteiger charge is -2.15. The van der Waals surface area contributed by atoms with Crippen molar-refractivity contribution in [1.29, 1.82) is 0 Å². The molecular formula is C26H14Cl3FN2O2S. The van der Waals surface area contributed by atoms with E-state index in [4.69, 9.17) is 39.2 Å². The molecule has 1 saturated heterocycles. The maximum Gasteiger partial charge on any atom is 0.271 e. The maximum atomic E-state index is 13.5. The standard InChI is InChI=1S/C26H14Cl3FN2O2S/c27-16-2-6-18(7-3-16)31-26-32(19-8-4-17(28)5-9-19)25(33)24(35-26)14-20-10-12-23(34-20)15-1-11-22(30)21(29)13-15/h1-14H/b24-14+,31-26?. The predicted octanol–water partition coefficient (Wildman–Crippen LogP) is 8.85. The molecule has 0 N–H and O–H groups in total. The van der Waals surface area contributed by atoms with E-state index in [1.54, 1.807) is 72.8 Å². The predicted molar refractivity (Wildman–Crippen MR) is 142 cm³/mol. The molecule has 35 heavy (non-hydrogen) atoms. The molecule has 174 valence electrons. The minimum absolute atomic E-state index is 0.00184. The Morgan fingerprint density at radius 3 is 2.26 bits per heavy atom. The van der Waals surface area contributed by atoms with E-state index in [1.165, 1.54) is 28.8 Å². The summed E-state index contributed by atoms with van der Waals surface area (Å²) >= 11 is 19.1. The SMILES string of the molecule is O=C1/C(=C\c2ccc(-c3ccc(F)c(Cl)c3)o2)SC(=Nc2ccc(Cl)cc2)N1c1ccc(Cl)cc1. The number of thioether (sulfide) groups is 1. The summed E-state index contributed by atoms with van der Waals surface area (Å²) in [5.74, 6) is 0.193. The Bertz CT molecular complexity index is 1480. The van der Waals surface area contributed by atoms with Gasteiger partial charge in [-0.25, -0.2) is 9.38 Å². The molecule has 0 spiro atoms. The molecule has 5 rings (SSSR count). The molecule has 0 bridgehead atoms. The number of amides is 1. The second-order valence-corrected chi connectivity index (χ2v) is 9.72. The van der Waals surface area contributed by atoms with Crippen molar-refractivity contribution in [2.24, 2.45) is 4.99 Å². The number of rotatable bonds is 4. The van der Waals surface area contributed by atoms with E-state index in [0.29, 0.717) is 48.6 Å².